The van der Waals surface area contributed by atoms with Crippen LogP contribution >= 0.6 is 0 Å². The Hall–Kier alpha value is -0.170. The number of sulfonamides is 1. The first kappa shape index (κ1) is 15.2. The van der Waals surface area contributed by atoms with Crippen LogP contribution in [0.3, 0.4) is 0 Å². The highest BCUT2D eigenvalue weighted by Gasteiger charge is 2.32. The van der Waals surface area contributed by atoms with E-state index in [1.54, 1.807) is 4.31 Å². The van der Waals surface area contributed by atoms with Gasteiger partial charge in [0.25, 0.3) is 0 Å². The molecular formula is C13H26N2O3S. The number of hydrogen-bond donors (Lipinski definition) is 1. The predicted molar refractivity (Wildman–Crippen MR) is 75.6 cm³/mol. The molecule has 0 aromatic carbocycles. The first-order valence-electron chi connectivity index (χ1n) is 7.29. The third-order valence-electron chi connectivity index (χ3n) is 4.47. The van der Waals surface area contributed by atoms with E-state index in [0.29, 0.717) is 31.7 Å². The molecule has 0 spiro atoms. The summed E-state index contributed by atoms with van der Waals surface area (Å²) in [4.78, 5) is 0. The van der Waals surface area contributed by atoms with Crippen LogP contribution < -0.4 is 5.32 Å². The Morgan fingerprint density at radius 2 is 2.00 bits per heavy atom. The van der Waals surface area contributed by atoms with Crippen LogP contribution in [0.15, 0.2) is 0 Å². The average Bonchev–Trinajstić information content (AvgIpc) is 2.90. The van der Waals surface area contributed by atoms with E-state index >= 15 is 0 Å². The van der Waals surface area contributed by atoms with Gasteiger partial charge < -0.3 is 10.1 Å². The molecule has 0 bridgehead atoms. The van der Waals surface area contributed by atoms with Gasteiger partial charge in [-0.3, -0.25) is 0 Å². The molecule has 2 saturated heterocycles. The lowest BCUT2D eigenvalue weighted by atomic mass is 9.91. The van der Waals surface area contributed by atoms with Crippen LogP contribution in [0, 0.1) is 5.92 Å². The maximum absolute atomic E-state index is 12.3. The van der Waals surface area contributed by atoms with Crippen LogP contribution in [-0.2, 0) is 14.8 Å². The summed E-state index contributed by atoms with van der Waals surface area (Å²) in [6.07, 6.45) is 3.69. The molecule has 5 nitrogen and oxygen atoms in total. The maximum Gasteiger partial charge on any atom is 0.216 e. The molecule has 0 amide bonds. The van der Waals surface area contributed by atoms with Gasteiger partial charge in [-0.05, 0) is 45.6 Å². The minimum absolute atomic E-state index is 0.0843. The van der Waals surface area contributed by atoms with Crippen molar-refractivity contribution in [2.45, 2.75) is 44.8 Å². The van der Waals surface area contributed by atoms with Crippen molar-refractivity contribution < 1.29 is 13.2 Å². The van der Waals surface area contributed by atoms with E-state index in [2.05, 4.69) is 12.2 Å². The Labute approximate surface area is 116 Å². The SMILES string of the molecule is CNC(C)C1CCN(S(=O)(=O)CC2CCCO2)CC1. The Morgan fingerprint density at radius 1 is 1.32 bits per heavy atom. The van der Waals surface area contributed by atoms with E-state index in [0.717, 1.165) is 25.7 Å². The summed E-state index contributed by atoms with van der Waals surface area (Å²) in [6.45, 7) is 4.20. The Morgan fingerprint density at radius 3 is 2.53 bits per heavy atom. The molecule has 0 aliphatic carbocycles. The van der Waals surface area contributed by atoms with E-state index in [9.17, 15) is 8.42 Å². The number of ether oxygens (including phenoxy) is 1. The van der Waals surface area contributed by atoms with E-state index in [-0.39, 0.29) is 11.9 Å². The number of rotatable bonds is 5. The number of nitrogens with one attached hydrogen (secondary N) is 1. The van der Waals surface area contributed by atoms with Gasteiger partial charge in [-0.1, -0.05) is 0 Å². The second kappa shape index (κ2) is 6.52. The summed E-state index contributed by atoms with van der Waals surface area (Å²) in [7, 11) is -1.17. The second-order valence-electron chi connectivity index (χ2n) is 5.73. The fourth-order valence-corrected chi connectivity index (χ4v) is 4.72. The quantitative estimate of drug-likeness (QED) is 0.814. The first-order valence-corrected chi connectivity index (χ1v) is 8.90. The monoisotopic (exact) mass is 290 g/mol. The lowest BCUT2D eigenvalue weighted by molar-refractivity contribution is 0.125. The summed E-state index contributed by atoms with van der Waals surface area (Å²) in [6, 6.07) is 0.461. The van der Waals surface area contributed by atoms with Crippen LogP contribution in [0.2, 0.25) is 0 Å². The molecule has 0 aromatic heterocycles. The molecule has 112 valence electrons. The van der Waals surface area contributed by atoms with Crippen LogP contribution in [0.4, 0.5) is 0 Å². The highest BCUT2D eigenvalue weighted by Crippen LogP contribution is 2.24. The topological polar surface area (TPSA) is 58.6 Å². The zero-order valence-corrected chi connectivity index (χ0v) is 12.8. The zero-order chi connectivity index (χ0) is 13.9. The van der Waals surface area contributed by atoms with Crippen molar-refractivity contribution in [2.75, 3.05) is 32.5 Å². The van der Waals surface area contributed by atoms with Crippen molar-refractivity contribution in [3.05, 3.63) is 0 Å². The standard InChI is InChI=1S/C13H26N2O3S/c1-11(14-2)12-5-7-15(8-6-12)19(16,17)10-13-4-3-9-18-13/h11-14H,3-10H2,1-2H3. The van der Waals surface area contributed by atoms with Gasteiger partial charge >= 0.3 is 0 Å². The summed E-state index contributed by atoms with van der Waals surface area (Å²) >= 11 is 0. The van der Waals surface area contributed by atoms with Gasteiger partial charge in [-0.2, -0.15) is 0 Å². The Kier molecular flexibility index (Phi) is 5.22. The van der Waals surface area contributed by atoms with Crippen molar-refractivity contribution in [3.63, 3.8) is 0 Å². The minimum Gasteiger partial charge on any atom is -0.377 e. The molecule has 2 unspecified atom stereocenters. The van der Waals surface area contributed by atoms with E-state index < -0.39 is 10.0 Å². The molecule has 2 fully saturated rings. The van der Waals surface area contributed by atoms with Crippen molar-refractivity contribution in [2.24, 2.45) is 5.92 Å². The van der Waals surface area contributed by atoms with Gasteiger partial charge in [-0.15, -0.1) is 0 Å². The fourth-order valence-electron chi connectivity index (χ4n) is 3.01. The van der Waals surface area contributed by atoms with E-state index in [1.807, 2.05) is 7.05 Å². The van der Waals surface area contributed by atoms with Crippen LogP contribution in [0.5, 0.6) is 0 Å². The third kappa shape index (κ3) is 3.90. The van der Waals surface area contributed by atoms with Gasteiger partial charge in [0, 0.05) is 25.7 Å². The van der Waals surface area contributed by atoms with Crippen LogP contribution in [0.25, 0.3) is 0 Å². The minimum atomic E-state index is -3.13. The molecule has 0 radical (unpaired) electrons. The predicted octanol–water partition coefficient (Wildman–Crippen LogP) is 0.815. The van der Waals surface area contributed by atoms with Crippen molar-refractivity contribution in [1.29, 1.82) is 0 Å². The molecule has 19 heavy (non-hydrogen) atoms. The summed E-state index contributed by atoms with van der Waals surface area (Å²) in [5.41, 5.74) is 0. The molecule has 2 rings (SSSR count). The Bertz CT molecular complexity index is 371. The zero-order valence-electron chi connectivity index (χ0n) is 12.0. The molecule has 0 saturated carbocycles. The lowest BCUT2D eigenvalue weighted by Gasteiger charge is -2.34. The molecule has 2 atom stereocenters. The smallest absolute Gasteiger partial charge is 0.216 e. The van der Waals surface area contributed by atoms with Crippen molar-refractivity contribution in [1.82, 2.24) is 9.62 Å². The van der Waals surface area contributed by atoms with Gasteiger partial charge in [0.1, 0.15) is 0 Å². The molecule has 2 heterocycles. The second-order valence-corrected chi connectivity index (χ2v) is 7.74. The third-order valence-corrected chi connectivity index (χ3v) is 6.42. The molecular weight excluding hydrogens is 264 g/mol. The Balaban J connectivity index is 1.85. The van der Waals surface area contributed by atoms with Gasteiger partial charge in [0.05, 0.1) is 11.9 Å². The fraction of sp³-hybridized carbons (Fsp3) is 1.00. The molecule has 0 aromatic rings. The molecule has 2 aliphatic heterocycles. The average molecular weight is 290 g/mol. The van der Waals surface area contributed by atoms with Crippen molar-refractivity contribution >= 4 is 10.0 Å². The van der Waals surface area contributed by atoms with Gasteiger partial charge in [0.2, 0.25) is 10.0 Å². The van der Waals surface area contributed by atoms with Crippen LogP contribution in [-0.4, -0.2) is 57.4 Å². The number of piperidine rings is 1. The van der Waals surface area contributed by atoms with E-state index in [4.69, 9.17) is 4.74 Å². The normalized spacial score (nSPS) is 28.6. The first-order chi connectivity index (χ1) is 9.03. The van der Waals surface area contributed by atoms with Gasteiger partial charge in [-0.25, -0.2) is 12.7 Å². The van der Waals surface area contributed by atoms with Crippen LogP contribution in [0.1, 0.15) is 32.6 Å². The summed E-state index contributed by atoms with van der Waals surface area (Å²) in [5.74, 6) is 0.748. The molecule has 1 N–H and O–H groups in total. The summed E-state index contributed by atoms with van der Waals surface area (Å²) in [5, 5.41) is 3.26. The molecule has 6 heteroatoms. The van der Waals surface area contributed by atoms with Gasteiger partial charge in [0.15, 0.2) is 0 Å². The highest BCUT2D eigenvalue weighted by molar-refractivity contribution is 7.89. The largest absolute Gasteiger partial charge is 0.377 e. The van der Waals surface area contributed by atoms with Crippen molar-refractivity contribution in [3.8, 4) is 0 Å². The summed E-state index contributed by atoms with van der Waals surface area (Å²) < 4.78 is 31.7. The number of hydrogen-bond acceptors (Lipinski definition) is 4. The lowest BCUT2D eigenvalue weighted by Crippen LogP contribution is -2.45. The highest BCUT2D eigenvalue weighted by atomic mass is 32.2. The van der Waals surface area contributed by atoms with E-state index in [1.165, 1.54) is 0 Å². The molecule has 2 aliphatic rings. The maximum atomic E-state index is 12.3. The number of nitrogens with zero attached hydrogens (tertiary/aromatic N) is 1.